The van der Waals surface area contributed by atoms with Crippen LogP contribution in [0.15, 0.2) is 41.1 Å². The van der Waals surface area contributed by atoms with Crippen molar-refractivity contribution in [1.82, 2.24) is 10.3 Å². The second kappa shape index (κ2) is 6.51. The molecule has 100 valence electrons. The van der Waals surface area contributed by atoms with E-state index in [2.05, 4.69) is 45.3 Å². The maximum atomic E-state index is 6.19. The Hall–Kier alpha value is -0.900. The average molecular weight is 340 g/mol. The normalized spacial score (nSPS) is 12.4. The number of pyridine rings is 1. The number of halogens is 2. The summed E-state index contributed by atoms with van der Waals surface area (Å²) in [5.74, 6) is 0. The van der Waals surface area contributed by atoms with E-state index in [0.717, 1.165) is 32.7 Å². The van der Waals surface area contributed by atoms with Crippen LogP contribution in [-0.4, -0.2) is 11.5 Å². The topological polar surface area (TPSA) is 24.9 Å². The molecule has 0 aliphatic rings. The van der Waals surface area contributed by atoms with Crippen molar-refractivity contribution < 1.29 is 0 Å². The minimum Gasteiger partial charge on any atom is -0.306 e. The number of aromatic nitrogens is 1. The highest BCUT2D eigenvalue weighted by atomic mass is 79.9. The molecule has 19 heavy (non-hydrogen) atoms. The molecule has 0 spiro atoms. The highest BCUT2D eigenvalue weighted by molar-refractivity contribution is 9.10. The van der Waals surface area contributed by atoms with Crippen molar-refractivity contribution >= 4 is 27.5 Å². The molecule has 0 aliphatic carbocycles. The number of rotatable bonds is 4. The van der Waals surface area contributed by atoms with Crippen molar-refractivity contribution in [2.75, 3.05) is 6.54 Å². The van der Waals surface area contributed by atoms with Gasteiger partial charge in [-0.05, 0) is 58.2 Å². The van der Waals surface area contributed by atoms with Gasteiger partial charge in [-0.15, -0.1) is 0 Å². The predicted octanol–water partition coefficient (Wildman–Crippen LogP) is 4.50. The number of hydrogen-bond acceptors (Lipinski definition) is 2. The number of aryl methyl sites for hydroxylation is 1. The third kappa shape index (κ3) is 3.56. The molecule has 0 saturated carbocycles. The third-order valence-corrected chi connectivity index (χ3v) is 4.15. The number of nitrogens with one attached hydrogen (secondary N) is 1. The van der Waals surface area contributed by atoms with Gasteiger partial charge in [0.2, 0.25) is 0 Å². The van der Waals surface area contributed by atoms with E-state index >= 15 is 0 Å². The standard InChI is InChI=1S/C15H16BrClN2/c1-3-19-15(12-6-10(2)8-18-9-12)11-4-5-13(16)14(17)7-11/h4-9,15,19H,3H2,1-2H3. The van der Waals surface area contributed by atoms with Crippen molar-refractivity contribution in [2.45, 2.75) is 19.9 Å². The first-order valence-electron chi connectivity index (χ1n) is 6.21. The van der Waals surface area contributed by atoms with Gasteiger partial charge in [-0.2, -0.15) is 0 Å². The predicted molar refractivity (Wildman–Crippen MR) is 83.6 cm³/mol. The van der Waals surface area contributed by atoms with Crippen LogP contribution in [0.3, 0.4) is 0 Å². The summed E-state index contributed by atoms with van der Waals surface area (Å²) in [5.41, 5.74) is 3.45. The molecular weight excluding hydrogens is 324 g/mol. The van der Waals surface area contributed by atoms with Gasteiger partial charge < -0.3 is 5.32 Å². The van der Waals surface area contributed by atoms with Crippen LogP contribution in [0.25, 0.3) is 0 Å². The maximum absolute atomic E-state index is 6.19. The van der Waals surface area contributed by atoms with Gasteiger partial charge in [-0.3, -0.25) is 4.98 Å². The van der Waals surface area contributed by atoms with E-state index in [4.69, 9.17) is 11.6 Å². The van der Waals surface area contributed by atoms with Gasteiger partial charge in [0.15, 0.2) is 0 Å². The molecule has 1 heterocycles. The van der Waals surface area contributed by atoms with E-state index in [-0.39, 0.29) is 6.04 Å². The lowest BCUT2D eigenvalue weighted by molar-refractivity contribution is 0.628. The Morgan fingerprint density at radius 3 is 2.68 bits per heavy atom. The lowest BCUT2D eigenvalue weighted by Gasteiger charge is -2.19. The van der Waals surface area contributed by atoms with Crippen molar-refractivity contribution in [3.8, 4) is 0 Å². The van der Waals surface area contributed by atoms with E-state index in [0.29, 0.717) is 0 Å². The first-order valence-corrected chi connectivity index (χ1v) is 7.38. The number of benzene rings is 1. The molecule has 1 aromatic heterocycles. The number of nitrogens with zero attached hydrogens (tertiary/aromatic N) is 1. The Bertz CT molecular complexity index is 572. The van der Waals surface area contributed by atoms with Crippen LogP contribution in [0.4, 0.5) is 0 Å². The van der Waals surface area contributed by atoms with Gasteiger partial charge in [-0.25, -0.2) is 0 Å². The van der Waals surface area contributed by atoms with Crippen LogP contribution < -0.4 is 5.32 Å². The van der Waals surface area contributed by atoms with E-state index in [1.54, 1.807) is 0 Å². The molecule has 2 aromatic rings. The van der Waals surface area contributed by atoms with Crippen molar-refractivity contribution in [3.63, 3.8) is 0 Å². The Labute approximate surface area is 127 Å². The van der Waals surface area contributed by atoms with Crippen molar-refractivity contribution in [3.05, 3.63) is 62.8 Å². The fourth-order valence-corrected chi connectivity index (χ4v) is 2.50. The molecule has 0 saturated heterocycles. The van der Waals surface area contributed by atoms with Gasteiger partial charge in [0.25, 0.3) is 0 Å². The minimum absolute atomic E-state index is 0.114. The quantitative estimate of drug-likeness (QED) is 0.887. The fourth-order valence-electron chi connectivity index (χ4n) is 2.06. The van der Waals surface area contributed by atoms with Crippen LogP contribution >= 0.6 is 27.5 Å². The van der Waals surface area contributed by atoms with E-state index in [1.807, 2.05) is 31.5 Å². The first kappa shape index (κ1) is 14.5. The summed E-state index contributed by atoms with van der Waals surface area (Å²) in [6.45, 7) is 5.02. The minimum atomic E-state index is 0.114. The zero-order valence-corrected chi connectivity index (χ0v) is 13.3. The molecular formula is C15H16BrClN2. The Kier molecular flexibility index (Phi) is 4.97. The molecule has 1 unspecified atom stereocenters. The summed E-state index contributed by atoms with van der Waals surface area (Å²) in [6, 6.07) is 8.30. The summed E-state index contributed by atoms with van der Waals surface area (Å²) < 4.78 is 0.913. The van der Waals surface area contributed by atoms with Gasteiger partial charge in [0.1, 0.15) is 0 Å². The molecule has 4 heteroatoms. The van der Waals surface area contributed by atoms with Gasteiger partial charge >= 0.3 is 0 Å². The summed E-state index contributed by atoms with van der Waals surface area (Å²) >= 11 is 9.61. The molecule has 0 aliphatic heterocycles. The van der Waals surface area contributed by atoms with E-state index < -0.39 is 0 Å². The second-order valence-corrected chi connectivity index (χ2v) is 5.72. The summed E-state index contributed by atoms with van der Waals surface area (Å²) in [6.07, 6.45) is 3.76. The highest BCUT2D eigenvalue weighted by Gasteiger charge is 2.14. The van der Waals surface area contributed by atoms with E-state index in [1.165, 1.54) is 0 Å². The molecule has 0 bridgehead atoms. The Morgan fingerprint density at radius 1 is 1.26 bits per heavy atom. The first-order chi connectivity index (χ1) is 9.11. The van der Waals surface area contributed by atoms with Crippen molar-refractivity contribution in [1.29, 1.82) is 0 Å². The summed E-state index contributed by atoms with van der Waals surface area (Å²) in [4.78, 5) is 4.27. The molecule has 0 amide bonds. The van der Waals surface area contributed by atoms with Crippen molar-refractivity contribution in [2.24, 2.45) is 0 Å². The largest absolute Gasteiger partial charge is 0.306 e. The molecule has 2 nitrogen and oxygen atoms in total. The van der Waals surface area contributed by atoms with Crippen LogP contribution in [0, 0.1) is 6.92 Å². The number of hydrogen-bond donors (Lipinski definition) is 1. The fraction of sp³-hybridized carbons (Fsp3) is 0.267. The average Bonchev–Trinajstić information content (AvgIpc) is 2.39. The molecule has 2 rings (SSSR count). The Morgan fingerprint density at radius 2 is 2.05 bits per heavy atom. The molecule has 0 fully saturated rings. The Balaban J connectivity index is 2.42. The van der Waals surface area contributed by atoms with Gasteiger partial charge in [-0.1, -0.05) is 30.7 Å². The summed E-state index contributed by atoms with van der Waals surface area (Å²) in [7, 11) is 0. The molecule has 1 N–H and O–H groups in total. The van der Waals surface area contributed by atoms with Gasteiger partial charge in [0, 0.05) is 16.9 Å². The molecule has 0 radical (unpaired) electrons. The maximum Gasteiger partial charge on any atom is 0.0592 e. The second-order valence-electron chi connectivity index (χ2n) is 4.46. The zero-order chi connectivity index (χ0) is 13.8. The molecule has 1 atom stereocenters. The van der Waals surface area contributed by atoms with Crippen LogP contribution in [0.1, 0.15) is 29.7 Å². The zero-order valence-electron chi connectivity index (χ0n) is 11.0. The smallest absolute Gasteiger partial charge is 0.0592 e. The summed E-state index contributed by atoms with van der Waals surface area (Å²) in [5, 5.41) is 4.20. The lowest BCUT2D eigenvalue weighted by atomic mass is 9.99. The lowest BCUT2D eigenvalue weighted by Crippen LogP contribution is -2.22. The van der Waals surface area contributed by atoms with Crippen LogP contribution in [0.2, 0.25) is 5.02 Å². The van der Waals surface area contributed by atoms with Crippen LogP contribution in [0.5, 0.6) is 0 Å². The monoisotopic (exact) mass is 338 g/mol. The SMILES string of the molecule is CCNC(c1cncc(C)c1)c1ccc(Br)c(Cl)c1. The van der Waals surface area contributed by atoms with Gasteiger partial charge in [0.05, 0.1) is 11.1 Å². The highest BCUT2D eigenvalue weighted by Crippen LogP contribution is 2.29. The molecule has 1 aromatic carbocycles. The third-order valence-electron chi connectivity index (χ3n) is 2.91. The van der Waals surface area contributed by atoms with E-state index in [9.17, 15) is 0 Å². The van der Waals surface area contributed by atoms with Crippen LogP contribution in [-0.2, 0) is 0 Å².